The lowest BCUT2D eigenvalue weighted by atomic mass is 10.1. The summed E-state index contributed by atoms with van der Waals surface area (Å²) < 4.78 is 5.23. The first-order valence-corrected chi connectivity index (χ1v) is 8.24. The minimum atomic E-state index is -0.979. The lowest BCUT2D eigenvalue weighted by Gasteiger charge is -2.14. The van der Waals surface area contributed by atoms with Crippen molar-refractivity contribution in [3.05, 3.63) is 46.0 Å². The molecular weight excluding hydrogens is 332 g/mol. The summed E-state index contributed by atoms with van der Waals surface area (Å²) in [4.78, 5) is 37.7. The highest BCUT2D eigenvalue weighted by molar-refractivity contribution is 7.13. The summed E-state index contributed by atoms with van der Waals surface area (Å²) in [7, 11) is 0. The number of rotatable bonds is 6. The van der Waals surface area contributed by atoms with E-state index in [1.54, 1.807) is 29.4 Å². The summed E-state index contributed by atoms with van der Waals surface area (Å²) in [5, 5.41) is 11.7. The first-order valence-electron chi connectivity index (χ1n) is 7.43. The summed E-state index contributed by atoms with van der Waals surface area (Å²) >= 11 is 1.13. The molecule has 1 aliphatic rings. The molecule has 2 N–H and O–H groups in total. The number of carboxylic acid groups (broad SMARTS) is 1. The predicted octanol–water partition coefficient (Wildman–Crippen LogP) is 1.70. The van der Waals surface area contributed by atoms with Crippen molar-refractivity contribution in [2.75, 3.05) is 6.54 Å². The minimum Gasteiger partial charge on any atom is -0.477 e. The molecule has 3 rings (SSSR count). The van der Waals surface area contributed by atoms with Crippen LogP contribution in [0.4, 0.5) is 0 Å². The van der Waals surface area contributed by atoms with Gasteiger partial charge in [0.2, 0.25) is 11.8 Å². The van der Waals surface area contributed by atoms with Crippen LogP contribution in [-0.4, -0.2) is 34.3 Å². The maximum Gasteiger partial charge on any atom is 0.345 e. The zero-order valence-electron chi connectivity index (χ0n) is 12.7. The number of amides is 2. The van der Waals surface area contributed by atoms with Crippen molar-refractivity contribution in [2.45, 2.75) is 19.5 Å². The van der Waals surface area contributed by atoms with Crippen LogP contribution in [0.2, 0.25) is 0 Å². The number of hydrogen-bond acceptors (Lipinski definition) is 5. The summed E-state index contributed by atoms with van der Waals surface area (Å²) in [6, 6.07) is 6.74. The number of carbonyl (C=O) groups is 3. The fourth-order valence-electron chi connectivity index (χ4n) is 2.60. The topological polar surface area (TPSA) is 99.8 Å². The van der Waals surface area contributed by atoms with Gasteiger partial charge in [-0.15, -0.1) is 11.3 Å². The van der Waals surface area contributed by atoms with Crippen LogP contribution in [0.3, 0.4) is 0 Å². The zero-order valence-corrected chi connectivity index (χ0v) is 13.5. The van der Waals surface area contributed by atoms with Gasteiger partial charge in [0.25, 0.3) is 0 Å². The molecule has 0 radical (unpaired) electrons. The molecule has 3 heterocycles. The second-order valence-corrected chi connectivity index (χ2v) is 6.71. The van der Waals surface area contributed by atoms with Gasteiger partial charge in [-0.1, -0.05) is 0 Å². The molecule has 0 aromatic carbocycles. The molecule has 1 fully saturated rings. The molecule has 0 bridgehead atoms. The van der Waals surface area contributed by atoms with E-state index in [2.05, 4.69) is 5.32 Å². The van der Waals surface area contributed by atoms with E-state index in [1.165, 1.54) is 6.07 Å². The van der Waals surface area contributed by atoms with E-state index in [4.69, 9.17) is 9.52 Å². The second-order valence-electron chi connectivity index (χ2n) is 5.54. The van der Waals surface area contributed by atoms with Gasteiger partial charge in [0.05, 0.1) is 25.3 Å². The van der Waals surface area contributed by atoms with Crippen molar-refractivity contribution >= 4 is 29.1 Å². The van der Waals surface area contributed by atoms with Crippen LogP contribution in [0.15, 0.2) is 34.9 Å². The van der Waals surface area contributed by atoms with E-state index in [0.29, 0.717) is 18.8 Å². The standard InChI is InChI=1S/C16H16N2O5S/c19-14-6-10(8-18(14)9-11-2-1-5-23-11)15(20)17-7-12-3-4-13(24-12)16(21)22/h1-5,10H,6-9H2,(H,17,20)(H,21,22). The number of carboxylic acids is 1. The second kappa shape index (κ2) is 6.88. The van der Waals surface area contributed by atoms with Gasteiger partial charge in [-0.25, -0.2) is 4.79 Å². The number of thiophene rings is 1. The molecule has 1 aliphatic heterocycles. The maximum absolute atomic E-state index is 12.2. The average molecular weight is 348 g/mol. The molecule has 7 nitrogen and oxygen atoms in total. The zero-order chi connectivity index (χ0) is 17.1. The molecule has 8 heteroatoms. The van der Waals surface area contributed by atoms with E-state index >= 15 is 0 Å². The summed E-state index contributed by atoms with van der Waals surface area (Å²) in [6.45, 7) is 0.984. The Morgan fingerprint density at radius 3 is 2.88 bits per heavy atom. The highest BCUT2D eigenvalue weighted by Crippen LogP contribution is 2.21. The van der Waals surface area contributed by atoms with Gasteiger partial charge in [-0.2, -0.15) is 0 Å². The molecule has 24 heavy (non-hydrogen) atoms. The first-order chi connectivity index (χ1) is 11.5. The van der Waals surface area contributed by atoms with Gasteiger partial charge in [-0.05, 0) is 24.3 Å². The predicted molar refractivity (Wildman–Crippen MR) is 85.4 cm³/mol. The van der Waals surface area contributed by atoms with Crippen molar-refractivity contribution in [2.24, 2.45) is 5.92 Å². The number of carbonyl (C=O) groups excluding carboxylic acids is 2. The van der Waals surface area contributed by atoms with Crippen LogP contribution in [0.1, 0.15) is 26.7 Å². The number of furan rings is 1. The molecule has 1 unspecified atom stereocenters. The molecule has 2 aromatic heterocycles. The number of nitrogens with one attached hydrogen (secondary N) is 1. The smallest absolute Gasteiger partial charge is 0.345 e. The minimum absolute atomic E-state index is 0.0733. The fourth-order valence-corrected chi connectivity index (χ4v) is 3.38. The Balaban J connectivity index is 1.52. The molecular formula is C16H16N2O5S. The van der Waals surface area contributed by atoms with Gasteiger partial charge in [0, 0.05) is 17.8 Å². The Hall–Kier alpha value is -2.61. The number of likely N-dealkylation sites (tertiary alicyclic amines) is 1. The summed E-state index contributed by atoms with van der Waals surface area (Å²) in [6.07, 6.45) is 1.73. The monoisotopic (exact) mass is 348 g/mol. The third-order valence-corrected chi connectivity index (χ3v) is 4.89. The molecule has 0 spiro atoms. The lowest BCUT2D eigenvalue weighted by molar-refractivity contribution is -0.129. The first kappa shape index (κ1) is 16.3. The van der Waals surface area contributed by atoms with Crippen LogP contribution in [0.25, 0.3) is 0 Å². The molecule has 126 valence electrons. The average Bonchev–Trinajstić information content (AvgIpc) is 3.27. The van der Waals surface area contributed by atoms with Gasteiger partial charge in [-0.3, -0.25) is 9.59 Å². The molecule has 0 aliphatic carbocycles. The van der Waals surface area contributed by atoms with Crippen molar-refractivity contribution in [1.82, 2.24) is 10.2 Å². The maximum atomic E-state index is 12.2. The normalized spacial score (nSPS) is 17.2. The molecule has 0 saturated carbocycles. The van der Waals surface area contributed by atoms with Crippen LogP contribution in [-0.2, 0) is 22.7 Å². The Bertz CT molecular complexity index is 752. The van der Waals surface area contributed by atoms with Gasteiger partial charge >= 0.3 is 5.97 Å². The Labute approximate surface area is 141 Å². The van der Waals surface area contributed by atoms with Crippen molar-refractivity contribution < 1.29 is 23.9 Å². The van der Waals surface area contributed by atoms with Crippen LogP contribution < -0.4 is 5.32 Å². The van der Waals surface area contributed by atoms with E-state index in [9.17, 15) is 14.4 Å². The third-order valence-electron chi connectivity index (χ3n) is 3.82. The Morgan fingerprint density at radius 2 is 2.21 bits per heavy atom. The van der Waals surface area contributed by atoms with E-state index in [-0.39, 0.29) is 29.7 Å². The van der Waals surface area contributed by atoms with Crippen LogP contribution in [0.5, 0.6) is 0 Å². The molecule has 2 aromatic rings. The van der Waals surface area contributed by atoms with Gasteiger partial charge in [0.1, 0.15) is 10.6 Å². The molecule has 2 amide bonds. The Morgan fingerprint density at radius 1 is 1.38 bits per heavy atom. The van der Waals surface area contributed by atoms with Crippen molar-refractivity contribution in [3.63, 3.8) is 0 Å². The van der Waals surface area contributed by atoms with E-state index in [1.807, 2.05) is 0 Å². The quantitative estimate of drug-likeness (QED) is 0.828. The number of aromatic carboxylic acids is 1. The summed E-state index contributed by atoms with van der Waals surface area (Å²) in [5.74, 6) is -0.963. The SMILES string of the molecule is O=C(O)c1ccc(CNC(=O)C2CC(=O)N(Cc3ccco3)C2)s1. The van der Waals surface area contributed by atoms with E-state index < -0.39 is 11.9 Å². The highest BCUT2D eigenvalue weighted by Gasteiger charge is 2.34. The highest BCUT2D eigenvalue weighted by atomic mass is 32.1. The fraction of sp³-hybridized carbons (Fsp3) is 0.312. The summed E-state index contributed by atoms with van der Waals surface area (Å²) in [5.41, 5.74) is 0. The largest absolute Gasteiger partial charge is 0.477 e. The van der Waals surface area contributed by atoms with Crippen LogP contribution in [0, 0.1) is 5.92 Å². The molecule has 1 atom stereocenters. The van der Waals surface area contributed by atoms with Gasteiger partial charge in [0.15, 0.2) is 0 Å². The van der Waals surface area contributed by atoms with Crippen LogP contribution >= 0.6 is 11.3 Å². The van der Waals surface area contributed by atoms with Crippen molar-refractivity contribution in [1.29, 1.82) is 0 Å². The number of nitrogens with zero attached hydrogens (tertiary/aromatic N) is 1. The third kappa shape index (κ3) is 3.65. The number of hydrogen-bond donors (Lipinski definition) is 2. The van der Waals surface area contributed by atoms with Gasteiger partial charge < -0.3 is 19.7 Å². The van der Waals surface area contributed by atoms with Crippen molar-refractivity contribution in [3.8, 4) is 0 Å². The lowest BCUT2D eigenvalue weighted by Crippen LogP contribution is -2.32. The Kier molecular flexibility index (Phi) is 4.66. The van der Waals surface area contributed by atoms with E-state index in [0.717, 1.165) is 16.2 Å². The molecule has 1 saturated heterocycles.